The van der Waals surface area contributed by atoms with Crippen molar-refractivity contribution in [2.45, 2.75) is 26.2 Å². The minimum absolute atomic E-state index is 0.635. The Balaban J connectivity index is 1.36. The molecule has 0 radical (unpaired) electrons. The van der Waals surface area contributed by atoms with Gasteiger partial charge < -0.3 is 4.98 Å². The second-order valence-corrected chi connectivity index (χ2v) is 9.55. The molecule has 0 saturated carbocycles. The van der Waals surface area contributed by atoms with Gasteiger partial charge in [0.2, 0.25) is 0 Å². The van der Waals surface area contributed by atoms with Crippen LogP contribution in [0.5, 0.6) is 0 Å². The fraction of sp³-hybridized carbons (Fsp3) is 0.233. The molecular formula is C30H30N8. The average Bonchev–Trinajstić information content (AvgIpc) is 3.60. The lowest BCUT2D eigenvalue weighted by Crippen LogP contribution is -2.31. The van der Waals surface area contributed by atoms with Crippen molar-refractivity contribution in [3.8, 4) is 22.8 Å². The van der Waals surface area contributed by atoms with E-state index < -0.39 is 0 Å². The van der Waals surface area contributed by atoms with Gasteiger partial charge in [-0.1, -0.05) is 31.2 Å². The SMILES string of the molecule is C=C/C(=C\C(=C/C)c1ccc2[nH]nc(-c3nc4c(-c5ccccn5)cncc4[nH]3)c2n1)CN1CCCCC1. The van der Waals surface area contributed by atoms with E-state index in [2.05, 4.69) is 48.8 Å². The molecule has 38 heavy (non-hydrogen) atoms. The number of allylic oxidation sites excluding steroid dienone is 3. The molecule has 0 unspecified atom stereocenters. The number of likely N-dealkylation sites (tertiary alicyclic amines) is 1. The number of hydrogen-bond acceptors (Lipinski definition) is 6. The number of nitrogens with one attached hydrogen (secondary N) is 2. The van der Waals surface area contributed by atoms with Crippen LogP contribution in [0.15, 0.2) is 79.3 Å². The van der Waals surface area contributed by atoms with Gasteiger partial charge in [0.15, 0.2) is 11.5 Å². The van der Waals surface area contributed by atoms with Crippen LogP contribution in [0.3, 0.4) is 0 Å². The van der Waals surface area contributed by atoms with Crippen LogP contribution < -0.4 is 0 Å². The first-order valence-electron chi connectivity index (χ1n) is 13.1. The predicted octanol–water partition coefficient (Wildman–Crippen LogP) is 5.96. The van der Waals surface area contributed by atoms with Crippen LogP contribution in [0.1, 0.15) is 31.9 Å². The van der Waals surface area contributed by atoms with Gasteiger partial charge in [-0.3, -0.25) is 20.0 Å². The van der Waals surface area contributed by atoms with Gasteiger partial charge in [-0.05, 0) is 74.3 Å². The molecule has 0 aliphatic carbocycles. The van der Waals surface area contributed by atoms with E-state index in [1.165, 1.54) is 24.8 Å². The van der Waals surface area contributed by atoms with Crippen molar-refractivity contribution in [3.63, 3.8) is 0 Å². The molecule has 5 aromatic rings. The van der Waals surface area contributed by atoms with Gasteiger partial charge in [-0.2, -0.15) is 5.10 Å². The summed E-state index contributed by atoms with van der Waals surface area (Å²) in [4.78, 5) is 24.7. The molecule has 0 aromatic carbocycles. The highest BCUT2D eigenvalue weighted by Crippen LogP contribution is 2.30. The van der Waals surface area contributed by atoms with Gasteiger partial charge in [-0.25, -0.2) is 9.97 Å². The van der Waals surface area contributed by atoms with E-state index in [1.54, 1.807) is 18.6 Å². The first-order valence-corrected chi connectivity index (χ1v) is 13.1. The maximum absolute atomic E-state index is 5.03. The van der Waals surface area contributed by atoms with E-state index in [-0.39, 0.29) is 0 Å². The van der Waals surface area contributed by atoms with E-state index in [0.29, 0.717) is 11.5 Å². The Kier molecular flexibility index (Phi) is 6.62. The molecule has 0 spiro atoms. The number of imidazole rings is 1. The smallest absolute Gasteiger partial charge is 0.161 e. The summed E-state index contributed by atoms with van der Waals surface area (Å²) in [5, 5.41) is 7.68. The Morgan fingerprint density at radius 2 is 1.92 bits per heavy atom. The van der Waals surface area contributed by atoms with Crippen LogP contribution in [0.25, 0.3) is 50.4 Å². The minimum atomic E-state index is 0.635. The van der Waals surface area contributed by atoms with E-state index in [4.69, 9.17) is 9.97 Å². The molecule has 1 aliphatic heterocycles. The molecule has 1 fully saturated rings. The molecule has 190 valence electrons. The van der Waals surface area contributed by atoms with Gasteiger partial charge in [0.05, 0.1) is 28.6 Å². The fourth-order valence-corrected chi connectivity index (χ4v) is 5.03. The molecule has 1 saturated heterocycles. The summed E-state index contributed by atoms with van der Waals surface area (Å²) in [7, 11) is 0. The summed E-state index contributed by atoms with van der Waals surface area (Å²) in [6.07, 6.45) is 15.4. The number of fused-ring (bicyclic) bond motifs is 2. The summed E-state index contributed by atoms with van der Waals surface area (Å²) in [5.74, 6) is 0.635. The molecule has 2 N–H and O–H groups in total. The molecule has 0 amide bonds. The molecule has 8 nitrogen and oxygen atoms in total. The highest BCUT2D eigenvalue weighted by Gasteiger charge is 2.18. The largest absolute Gasteiger partial charge is 0.335 e. The van der Waals surface area contributed by atoms with Gasteiger partial charge in [0.1, 0.15) is 11.0 Å². The lowest BCUT2D eigenvalue weighted by Gasteiger charge is -2.26. The normalized spacial score (nSPS) is 15.4. The number of aromatic nitrogens is 7. The van der Waals surface area contributed by atoms with E-state index in [9.17, 15) is 0 Å². The Hall–Kier alpha value is -4.43. The highest BCUT2D eigenvalue weighted by molar-refractivity contribution is 5.95. The highest BCUT2D eigenvalue weighted by atomic mass is 15.2. The van der Waals surface area contributed by atoms with Crippen LogP contribution in [-0.2, 0) is 0 Å². The summed E-state index contributed by atoms with van der Waals surface area (Å²) in [6.45, 7) is 9.32. The molecule has 5 aromatic heterocycles. The van der Waals surface area contributed by atoms with Crippen LogP contribution in [0.2, 0.25) is 0 Å². The molecule has 6 rings (SSSR count). The number of piperidine rings is 1. The summed E-state index contributed by atoms with van der Waals surface area (Å²) < 4.78 is 0. The minimum Gasteiger partial charge on any atom is -0.335 e. The number of hydrogen-bond donors (Lipinski definition) is 2. The summed E-state index contributed by atoms with van der Waals surface area (Å²) >= 11 is 0. The lowest BCUT2D eigenvalue weighted by molar-refractivity contribution is 0.248. The molecular weight excluding hydrogens is 472 g/mol. The fourth-order valence-electron chi connectivity index (χ4n) is 5.03. The third-order valence-corrected chi connectivity index (χ3v) is 7.03. The average molecular weight is 503 g/mol. The zero-order valence-electron chi connectivity index (χ0n) is 21.5. The Morgan fingerprint density at radius 1 is 1.03 bits per heavy atom. The number of aromatic amines is 2. The van der Waals surface area contributed by atoms with Crippen LogP contribution in [0, 0.1) is 0 Å². The monoisotopic (exact) mass is 502 g/mol. The maximum Gasteiger partial charge on any atom is 0.161 e. The lowest BCUT2D eigenvalue weighted by atomic mass is 10.0. The summed E-state index contributed by atoms with van der Waals surface area (Å²) in [5.41, 5.74) is 8.72. The predicted molar refractivity (Wildman–Crippen MR) is 152 cm³/mol. The van der Waals surface area contributed by atoms with Crippen LogP contribution >= 0.6 is 0 Å². The maximum atomic E-state index is 5.03. The molecule has 1 aliphatic rings. The topological polar surface area (TPSA) is 99.3 Å². The Morgan fingerprint density at radius 3 is 2.71 bits per heavy atom. The van der Waals surface area contributed by atoms with Crippen molar-refractivity contribution in [3.05, 3.63) is 85.0 Å². The molecule has 0 bridgehead atoms. The molecule has 6 heterocycles. The van der Waals surface area contributed by atoms with Crippen molar-refractivity contribution in [1.29, 1.82) is 0 Å². The van der Waals surface area contributed by atoms with Crippen LogP contribution in [0.4, 0.5) is 0 Å². The first-order chi connectivity index (χ1) is 18.7. The van der Waals surface area contributed by atoms with E-state index >= 15 is 0 Å². The number of nitrogens with zero attached hydrogens (tertiary/aromatic N) is 6. The molecule has 0 atom stereocenters. The van der Waals surface area contributed by atoms with E-state index in [1.807, 2.05) is 43.3 Å². The van der Waals surface area contributed by atoms with Gasteiger partial charge >= 0.3 is 0 Å². The van der Waals surface area contributed by atoms with Crippen molar-refractivity contribution >= 4 is 27.6 Å². The molecule has 8 heteroatoms. The Bertz CT molecular complexity index is 1650. The van der Waals surface area contributed by atoms with Crippen molar-refractivity contribution in [2.75, 3.05) is 19.6 Å². The van der Waals surface area contributed by atoms with Gasteiger partial charge in [-0.15, -0.1) is 0 Å². The zero-order valence-corrected chi connectivity index (χ0v) is 21.5. The quantitative estimate of drug-likeness (QED) is 0.266. The van der Waals surface area contributed by atoms with Gasteiger partial charge in [0.25, 0.3) is 0 Å². The second kappa shape index (κ2) is 10.5. The standard InChI is InChI=1S/C30H30N8/c1-3-20(19-38-14-8-5-9-15-38)16-21(4-2)23-11-12-25-28(33-23)29(37-36-25)30-34-26-18-31-17-22(27(26)35-30)24-10-6-7-13-32-24/h3-4,6-7,10-13,16-18H,1,5,8-9,14-15,19H2,2H3,(H,34,35)(H,36,37)/b20-16+,21-4+. The van der Waals surface area contributed by atoms with Crippen LogP contribution in [-0.4, -0.2) is 59.7 Å². The van der Waals surface area contributed by atoms with E-state index in [0.717, 1.165) is 64.2 Å². The first kappa shape index (κ1) is 23.9. The van der Waals surface area contributed by atoms with Crippen molar-refractivity contribution in [2.24, 2.45) is 0 Å². The summed E-state index contributed by atoms with van der Waals surface area (Å²) in [6, 6.07) is 9.86. The Labute approximate surface area is 221 Å². The van der Waals surface area contributed by atoms with Crippen molar-refractivity contribution in [1.82, 2.24) is 40.0 Å². The third-order valence-electron chi connectivity index (χ3n) is 7.03. The number of H-pyrrole nitrogens is 2. The second-order valence-electron chi connectivity index (χ2n) is 9.55. The third kappa shape index (κ3) is 4.66. The van der Waals surface area contributed by atoms with Crippen molar-refractivity contribution < 1.29 is 0 Å². The van der Waals surface area contributed by atoms with Gasteiger partial charge in [0, 0.05) is 24.5 Å². The zero-order chi connectivity index (χ0) is 25.9. The number of pyridine rings is 3. The number of rotatable bonds is 7.